The third-order valence-electron chi connectivity index (χ3n) is 4.30. The van der Waals surface area contributed by atoms with Crippen LogP contribution in [0.1, 0.15) is 35.7 Å². The highest BCUT2D eigenvalue weighted by molar-refractivity contribution is 5.78. The number of aromatic nitrogens is 2. The largest absolute Gasteiger partial charge is 0.494 e. The predicted molar refractivity (Wildman–Crippen MR) is 103 cm³/mol. The van der Waals surface area contributed by atoms with E-state index >= 15 is 0 Å². The lowest BCUT2D eigenvalue weighted by Crippen LogP contribution is -2.33. The minimum Gasteiger partial charge on any atom is -0.494 e. The molecule has 0 aliphatic rings. The van der Waals surface area contributed by atoms with Gasteiger partial charge in [0.2, 0.25) is 5.91 Å². The molecule has 0 saturated carbocycles. The number of carbonyl (C=O) groups is 1. The Hall–Kier alpha value is -3.02. The lowest BCUT2D eigenvalue weighted by atomic mass is 10.1. The first-order valence-electron chi connectivity index (χ1n) is 9.11. The number of amides is 1. The topological polar surface area (TPSA) is 69.3 Å². The molecular formula is C21H25N3O3. The minimum absolute atomic E-state index is 0.0442. The zero-order valence-corrected chi connectivity index (χ0v) is 15.9. The van der Waals surface area contributed by atoms with Gasteiger partial charge in [0.15, 0.2) is 0 Å². The second kappa shape index (κ2) is 8.58. The summed E-state index contributed by atoms with van der Waals surface area (Å²) in [6.45, 7) is 6.93. The Kier molecular flexibility index (Phi) is 5.96. The lowest BCUT2D eigenvalue weighted by Gasteiger charge is -2.18. The van der Waals surface area contributed by atoms with Gasteiger partial charge in [0.1, 0.15) is 17.6 Å². The number of hydrogen-bond acceptors (Lipinski definition) is 4. The van der Waals surface area contributed by atoms with Crippen LogP contribution in [0.25, 0.3) is 0 Å². The van der Waals surface area contributed by atoms with Crippen molar-refractivity contribution in [1.29, 1.82) is 0 Å². The van der Waals surface area contributed by atoms with E-state index in [1.54, 1.807) is 6.26 Å². The molecule has 0 radical (unpaired) electrons. The molecule has 2 aromatic heterocycles. The number of furan rings is 1. The van der Waals surface area contributed by atoms with Crippen LogP contribution in [0, 0.1) is 13.8 Å². The standard InChI is InChI=1S/C21H25N3O3/c1-4-26-18-9-7-17(8-10-18)13-21(25)22-14-19(20-6-5-11-27-20)24-16(3)12-15(2)23-24/h5-12,19H,4,13-14H2,1-3H3,(H,22,25). The van der Waals surface area contributed by atoms with Crippen LogP contribution < -0.4 is 10.1 Å². The summed E-state index contributed by atoms with van der Waals surface area (Å²) in [5.74, 6) is 1.53. The van der Waals surface area contributed by atoms with Gasteiger partial charge in [-0.05, 0) is 56.7 Å². The van der Waals surface area contributed by atoms with Crippen molar-refractivity contribution >= 4 is 5.91 Å². The summed E-state index contributed by atoms with van der Waals surface area (Å²) in [5, 5.41) is 7.55. The van der Waals surface area contributed by atoms with E-state index in [1.807, 2.05) is 67.9 Å². The Bertz CT molecular complexity index is 867. The van der Waals surface area contributed by atoms with Gasteiger partial charge in [0.05, 0.1) is 25.0 Å². The molecule has 6 heteroatoms. The molecule has 2 heterocycles. The first kappa shape index (κ1) is 18.8. The van der Waals surface area contributed by atoms with Crippen LogP contribution in [0.2, 0.25) is 0 Å². The van der Waals surface area contributed by atoms with Crippen molar-refractivity contribution in [3.8, 4) is 5.75 Å². The third kappa shape index (κ3) is 4.78. The SMILES string of the molecule is CCOc1ccc(CC(=O)NCC(c2ccco2)n2nc(C)cc2C)cc1. The summed E-state index contributed by atoms with van der Waals surface area (Å²) in [5.41, 5.74) is 2.90. The molecule has 1 N–H and O–H groups in total. The average Bonchev–Trinajstić information content (AvgIpc) is 3.27. The van der Waals surface area contributed by atoms with E-state index in [9.17, 15) is 4.79 Å². The van der Waals surface area contributed by atoms with Gasteiger partial charge < -0.3 is 14.5 Å². The van der Waals surface area contributed by atoms with Crippen molar-refractivity contribution in [3.63, 3.8) is 0 Å². The fourth-order valence-corrected chi connectivity index (χ4v) is 3.08. The summed E-state index contributed by atoms with van der Waals surface area (Å²) in [4.78, 5) is 12.4. The Labute approximate surface area is 159 Å². The van der Waals surface area contributed by atoms with Gasteiger partial charge >= 0.3 is 0 Å². The number of aryl methyl sites for hydroxylation is 2. The summed E-state index contributed by atoms with van der Waals surface area (Å²) in [6.07, 6.45) is 1.95. The zero-order valence-electron chi connectivity index (χ0n) is 15.9. The van der Waals surface area contributed by atoms with Crippen LogP contribution in [-0.4, -0.2) is 28.8 Å². The summed E-state index contributed by atoms with van der Waals surface area (Å²) < 4.78 is 12.9. The van der Waals surface area contributed by atoms with E-state index in [-0.39, 0.29) is 11.9 Å². The number of carbonyl (C=O) groups excluding carboxylic acids is 1. The van der Waals surface area contributed by atoms with Gasteiger partial charge in [0.25, 0.3) is 0 Å². The average molecular weight is 367 g/mol. The number of nitrogens with one attached hydrogen (secondary N) is 1. The number of hydrogen-bond donors (Lipinski definition) is 1. The predicted octanol–water partition coefficient (Wildman–Crippen LogP) is 3.44. The van der Waals surface area contributed by atoms with Crippen LogP contribution in [-0.2, 0) is 11.2 Å². The van der Waals surface area contributed by atoms with Crippen LogP contribution in [0.3, 0.4) is 0 Å². The first-order chi connectivity index (χ1) is 13.1. The lowest BCUT2D eigenvalue weighted by molar-refractivity contribution is -0.120. The quantitative estimate of drug-likeness (QED) is 0.662. The molecule has 3 aromatic rings. The van der Waals surface area contributed by atoms with Gasteiger partial charge in [-0.1, -0.05) is 12.1 Å². The van der Waals surface area contributed by atoms with Crippen LogP contribution in [0.15, 0.2) is 53.1 Å². The Morgan fingerprint density at radius 2 is 2.04 bits per heavy atom. The fraction of sp³-hybridized carbons (Fsp3) is 0.333. The van der Waals surface area contributed by atoms with E-state index in [1.165, 1.54) is 0 Å². The molecule has 0 spiro atoms. The van der Waals surface area contributed by atoms with E-state index in [4.69, 9.17) is 9.15 Å². The monoisotopic (exact) mass is 367 g/mol. The number of benzene rings is 1. The highest BCUT2D eigenvalue weighted by Gasteiger charge is 2.20. The fourth-order valence-electron chi connectivity index (χ4n) is 3.08. The molecule has 3 rings (SSSR count). The maximum atomic E-state index is 12.4. The van der Waals surface area contributed by atoms with Crippen molar-refractivity contribution in [3.05, 3.63) is 71.4 Å². The maximum Gasteiger partial charge on any atom is 0.224 e. The molecule has 1 atom stereocenters. The Morgan fingerprint density at radius 3 is 2.63 bits per heavy atom. The highest BCUT2D eigenvalue weighted by Crippen LogP contribution is 2.20. The molecule has 142 valence electrons. The maximum absolute atomic E-state index is 12.4. The summed E-state index contributed by atoms with van der Waals surface area (Å²) in [7, 11) is 0. The Balaban J connectivity index is 1.65. The van der Waals surface area contributed by atoms with Gasteiger partial charge in [-0.25, -0.2) is 0 Å². The van der Waals surface area contributed by atoms with Gasteiger partial charge in [-0.2, -0.15) is 5.10 Å². The second-order valence-electron chi connectivity index (χ2n) is 6.46. The molecule has 0 fully saturated rings. The molecule has 0 saturated heterocycles. The van der Waals surface area contributed by atoms with E-state index in [0.29, 0.717) is 19.6 Å². The normalized spacial score (nSPS) is 12.0. The van der Waals surface area contributed by atoms with Crippen molar-refractivity contribution in [2.45, 2.75) is 33.2 Å². The van der Waals surface area contributed by atoms with Crippen LogP contribution >= 0.6 is 0 Å². The molecular weight excluding hydrogens is 342 g/mol. The first-order valence-corrected chi connectivity index (χ1v) is 9.11. The van der Waals surface area contributed by atoms with Crippen LogP contribution in [0.5, 0.6) is 5.75 Å². The molecule has 0 bridgehead atoms. The summed E-state index contributed by atoms with van der Waals surface area (Å²) >= 11 is 0. The van der Waals surface area contributed by atoms with Crippen molar-refractivity contribution in [2.24, 2.45) is 0 Å². The zero-order chi connectivity index (χ0) is 19.2. The number of rotatable bonds is 8. The highest BCUT2D eigenvalue weighted by atomic mass is 16.5. The third-order valence-corrected chi connectivity index (χ3v) is 4.30. The molecule has 0 aliphatic carbocycles. The molecule has 1 aromatic carbocycles. The van der Waals surface area contributed by atoms with E-state index in [2.05, 4.69) is 10.4 Å². The number of ether oxygens (including phenoxy) is 1. The molecule has 0 aliphatic heterocycles. The van der Waals surface area contributed by atoms with Gasteiger partial charge in [-0.3, -0.25) is 9.48 Å². The molecule has 1 unspecified atom stereocenters. The second-order valence-corrected chi connectivity index (χ2v) is 6.46. The molecule has 6 nitrogen and oxygen atoms in total. The van der Waals surface area contributed by atoms with Gasteiger partial charge in [-0.15, -0.1) is 0 Å². The summed E-state index contributed by atoms with van der Waals surface area (Å²) in [6, 6.07) is 13.2. The minimum atomic E-state index is -0.182. The van der Waals surface area contributed by atoms with Crippen LogP contribution in [0.4, 0.5) is 0 Å². The van der Waals surface area contributed by atoms with Gasteiger partial charge in [0, 0.05) is 12.2 Å². The Morgan fingerprint density at radius 1 is 1.26 bits per heavy atom. The molecule has 1 amide bonds. The number of nitrogens with zero attached hydrogens (tertiary/aromatic N) is 2. The van der Waals surface area contributed by atoms with Crippen molar-refractivity contribution in [1.82, 2.24) is 15.1 Å². The molecule has 27 heavy (non-hydrogen) atoms. The van der Waals surface area contributed by atoms with Crippen molar-refractivity contribution < 1.29 is 13.9 Å². The van der Waals surface area contributed by atoms with E-state index in [0.717, 1.165) is 28.5 Å². The van der Waals surface area contributed by atoms with E-state index < -0.39 is 0 Å². The van der Waals surface area contributed by atoms with Crippen molar-refractivity contribution in [2.75, 3.05) is 13.2 Å². The smallest absolute Gasteiger partial charge is 0.224 e.